The van der Waals surface area contributed by atoms with E-state index in [9.17, 15) is 4.79 Å². The molecule has 1 aromatic carbocycles. The molecule has 2 aromatic heterocycles. The summed E-state index contributed by atoms with van der Waals surface area (Å²) in [5.41, 5.74) is 3.67. The smallest absolute Gasteiger partial charge is 0.271 e. The molecule has 3 heterocycles. The van der Waals surface area contributed by atoms with E-state index >= 15 is 0 Å². The summed E-state index contributed by atoms with van der Waals surface area (Å²) in [6.45, 7) is 5.35. The average Bonchev–Trinajstić information content (AvgIpc) is 3.19. The number of benzene rings is 1. The van der Waals surface area contributed by atoms with Gasteiger partial charge in [0.15, 0.2) is 4.80 Å². The number of hydrogen-bond acceptors (Lipinski definition) is 5. The SMILES string of the molecule is Cc1ccc(N2CN=c3sc(=Cc4cccs4)c(=O)n3C2)cc1C. The maximum Gasteiger partial charge on any atom is 0.271 e. The molecule has 1 aliphatic heterocycles. The lowest BCUT2D eigenvalue weighted by Crippen LogP contribution is -2.42. The monoisotopic (exact) mass is 355 g/mol. The van der Waals surface area contributed by atoms with Crippen LogP contribution in [0.2, 0.25) is 0 Å². The van der Waals surface area contributed by atoms with Crippen LogP contribution in [0.4, 0.5) is 5.69 Å². The van der Waals surface area contributed by atoms with E-state index in [1.165, 1.54) is 22.5 Å². The highest BCUT2D eigenvalue weighted by Crippen LogP contribution is 2.19. The number of aryl methyl sites for hydroxylation is 2. The van der Waals surface area contributed by atoms with Crippen LogP contribution in [0.1, 0.15) is 16.0 Å². The van der Waals surface area contributed by atoms with Crippen LogP contribution in [0, 0.1) is 13.8 Å². The van der Waals surface area contributed by atoms with Gasteiger partial charge in [-0.3, -0.25) is 9.36 Å². The topological polar surface area (TPSA) is 37.6 Å². The summed E-state index contributed by atoms with van der Waals surface area (Å²) in [4.78, 5) is 21.3. The number of rotatable bonds is 2. The van der Waals surface area contributed by atoms with E-state index in [0.29, 0.717) is 13.3 Å². The summed E-state index contributed by atoms with van der Waals surface area (Å²) < 4.78 is 2.51. The Labute approximate surface area is 147 Å². The van der Waals surface area contributed by atoms with Crippen molar-refractivity contribution in [1.82, 2.24) is 4.57 Å². The first-order chi connectivity index (χ1) is 11.6. The molecule has 4 rings (SSSR count). The van der Waals surface area contributed by atoms with E-state index in [2.05, 4.69) is 41.9 Å². The Morgan fingerprint density at radius 1 is 1.21 bits per heavy atom. The molecule has 0 aliphatic carbocycles. The van der Waals surface area contributed by atoms with Gasteiger partial charge in [-0.2, -0.15) is 0 Å². The molecule has 3 aromatic rings. The molecule has 4 nitrogen and oxygen atoms in total. The maximum absolute atomic E-state index is 12.7. The Bertz CT molecular complexity index is 1060. The fourth-order valence-electron chi connectivity index (χ4n) is 2.70. The van der Waals surface area contributed by atoms with Gasteiger partial charge in [-0.15, -0.1) is 11.3 Å². The van der Waals surface area contributed by atoms with Crippen molar-refractivity contribution in [1.29, 1.82) is 0 Å². The largest absolute Gasteiger partial charge is 0.334 e. The second kappa shape index (κ2) is 6.03. The summed E-state index contributed by atoms with van der Waals surface area (Å²) in [7, 11) is 0. The molecule has 0 N–H and O–H groups in total. The normalized spacial score (nSPS) is 14.6. The minimum atomic E-state index is 0.0423. The van der Waals surface area contributed by atoms with Crippen LogP contribution in [0.15, 0.2) is 45.5 Å². The van der Waals surface area contributed by atoms with E-state index < -0.39 is 0 Å². The van der Waals surface area contributed by atoms with Gasteiger partial charge >= 0.3 is 0 Å². The molecular weight excluding hydrogens is 338 g/mol. The van der Waals surface area contributed by atoms with Gasteiger partial charge in [0.2, 0.25) is 0 Å². The van der Waals surface area contributed by atoms with E-state index in [1.54, 1.807) is 15.9 Å². The lowest BCUT2D eigenvalue weighted by Gasteiger charge is -2.26. The highest BCUT2D eigenvalue weighted by atomic mass is 32.1. The Hall–Kier alpha value is -2.18. The van der Waals surface area contributed by atoms with Crippen molar-refractivity contribution >= 4 is 34.4 Å². The zero-order valence-electron chi connectivity index (χ0n) is 13.5. The number of aromatic nitrogens is 1. The predicted octanol–water partition coefficient (Wildman–Crippen LogP) is 2.47. The van der Waals surface area contributed by atoms with Crippen LogP contribution in [-0.4, -0.2) is 11.2 Å². The molecule has 6 heteroatoms. The third-order valence-corrected chi connectivity index (χ3v) is 6.11. The van der Waals surface area contributed by atoms with Gasteiger partial charge in [-0.25, -0.2) is 4.99 Å². The van der Waals surface area contributed by atoms with Crippen LogP contribution in [-0.2, 0) is 6.67 Å². The van der Waals surface area contributed by atoms with Gasteiger partial charge in [-0.05, 0) is 54.6 Å². The maximum atomic E-state index is 12.7. The minimum Gasteiger partial charge on any atom is -0.334 e. The van der Waals surface area contributed by atoms with E-state index in [0.717, 1.165) is 19.9 Å². The summed E-state index contributed by atoms with van der Waals surface area (Å²) in [5.74, 6) is 0. The van der Waals surface area contributed by atoms with Crippen molar-refractivity contribution in [3.8, 4) is 0 Å². The number of nitrogens with zero attached hydrogens (tertiary/aromatic N) is 3. The van der Waals surface area contributed by atoms with Crippen molar-refractivity contribution in [2.75, 3.05) is 11.6 Å². The number of thiophene rings is 1. The quantitative estimate of drug-likeness (QED) is 0.708. The first kappa shape index (κ1) is 15.4. The lowest BCUT2D eigenvalue weighted by atomic mass is 10.1. The van der Waals surface area contributed by atoms with Crippen LogP contribution < -0.4 is 19.8 Å². The van der Waals surface area contributed by atoms with Gasteiger partial charge in [0.05, 0.1) is 4.53 Å². The summed E-state index contributed by atoms with van der Waals surface area (Å²) in [6.07, 6.45) is 1.96. The molecule has 0 atom stereocenters. The molecule has 24 heavy (non-hydrogen) atoms. The standard InChI is InChI=1S/C18H17N3OS2/c1-12-5-6-14(8-13(12)2)20-10-19-18-21(11-20)17(22)16(24-18)9-15-4-3-7-23-15/h3-9H,10-11H2,1-2H3. The van der Waals surface area contributed by atoms with Crippen molar-refractivity contribution in [2.24, 2.45) is 4.99 Å². The third-order valence-electron chi connectivity index (χ3n) is 4.25. The molecule has 0 radical (unpaired) electrons. The first-order valence-electron chi connectivity index (χ1n) is 7.73. The number of anilines is 1. The summed E-state index contributed by atoms with van der Waals surface area (Å²) >= 11 is 3.11. The minimum absolute atomic E-state index is 0.0423. The second-order valence-corrected chi connectivity index (χ2v) is 7.88. The van der Waals surface area contributed by atoms with Gasteiger partial charge in [-0.1, -0.05) is 23.5 Å². The second-order valence-electron chi connectivity index (χ2n) is 5.89. The number of fused-ring (bicyclic) bond motifs is 1. The predicted molar refractivity (Wildman–Crippen MR) is 101 cm³/mol. The van der Waals surface area contributed by atoms with Crippen LogP contribution >= 0.6 is 22.7 Å². The van der Waals surface area contributed by atoms with Gasteiger partial charge in [0.1, 0.15) is 13.3 Å². The summed E-state index contributed by atoms with van der Waals surface area (Å²) in [6, 6.07) is 10.4. The third kappa shape index (κ3) is 2.72. The molecule has 122 valence electrons. The summed E-state index contributed by atoms with van der Waals surface area (Å²) in [5, 5.41) is 2.02. The molecule has 0 bridgehead atoms. The Morgan fingerprint density at radius 2 is 2.08 bits per heavy atom. The molecule has 0 fully saturated rings. The van der Waals surface area contributed by atoms with E-state index in [1.807, 2.05) is 23.6 Å². The van der Waals surface area contributed by atoms with Gasteiger partial charge < -0.3 is 4.90 Å². The van der Waals surface area contributed by atoms with E-state index in [4.69, 9.17) is 0 Å². The fraction of sp³-hybridized carbons (Fsp3) is 0.222. The molecule has 0 unspecified atom stereocenters. The Balaban J connectivity index is 1.72. The van der Waals surface area contributed by atoms with Crippen LogP contribution in [0.25, 0.3) is 6.08 Å². The fourth-order valence-corrected chi connectivity index (χ4v) is 4.39. The van der Waals surface area contributed by atoms with Gasteiger partial charge in [0.25, 0.3) is 5.56 Å². The highest BCUT2D eigenvalue weighted by Gasteiger charge is 2.16. The average molecular weight is 355 g/mol. The first-order valence-corrected chi connectivity index (χ1v) is 9.43. The lowest BCUT2D eigenvalue weighted by molar-refractivity contribution is 0.569. The van der Waals surface area contributed by atoms with Crippen molar-refractivity contribution < 1.29 is 0 Å². The molecule has 0 saturated heterocycles. The zero-order chi connectivity index (χ0) is 16.7. The molecular formula is C18H17N3OS2. The highest BCUT2D eigenvalue weighted by molar-refractivity contribution is 7.11. The zero-order valence-corrected chi connectivity index (χ0v) is 15.2. The Kier molecular flexibility index (Phi) is 3.86. The van der Waals surface area contributed by atoms with Gasteiger partial charge in [0, 0.05) is 10.6 Å². The van der Waals surface area contributed by atoms with Crippen molar-refractivity contribution in [3.05, 3.63) is 71.4 Å². The Morgan fingerprint density at radius 3 is 2.83 bits per heavy atom. The molecule has 1 aliphatic rings. The number of hydrogen-bond donors (Lipinski definition) is 0. The van der Waals surface area contributed by atoms with Crippen molar-refractivity contribution in [3.63, 3.8) is 0 Å². The van der Waals surface area contributed by atoms with Crippen molar-refractivity contribution in [2.45, 2.75) is 20.5 Å². The molecule has 0 spiro atoms. The van der Waals surface area contributed by atoms with Crippen LogP contribution in [0.5, 0.6) is 0 Å². The van der Waals surface area contributed by atoms with Crippen LogP contribution in [0.3, 0.4) is 0 Å². The number of thiazole rings is 1. The molecule has 0 amide bonds. The van der Waals surface area contributed by atoms with E-state index in [-0.39, 0.29) is 5.56 Å². The molecule has 0 saturated carbocycles.